The van der Waals surface area contributed by atoms with Gasteiger partial charge in [0.25, 0.3) is 0 Å². The second-order valence-corrected chi connectivity index (χ2v) is 6.31. The Morgan fingerprint density at radius 3 is 2.71 bits per heavy atom. The van der Waals surface area contributed by atoms with Crippen LogP contribution in [0.5, 0.6) is 0 Å². The number of aryl methyl sites for hydroxylation is 2. The van der Waals surface area contributed by atoms with Crippen molar-refractivity contribution in [3.63, 3.8) is 0 Å². The molecule has 1 aliphatic carbocycles. The lowest BCUT2D eigenvalue weighted by Gasteiger charge is -2.21. The van der Waals surface area contributed by atoms with Crippen molar-refractivity contribution in [2.75, 3.05) is 18.0 Å². The quantitative estimate of drug-likeness (QED) is 0.868. The van der Waals surface area contributed by atoms with Crippen molar-refractivity contribution in [2.24, 2.45) is 0 Å². The molecule has 1 saturated carbocycles. The standard InChI is InChI=1S/C15H21N5O/c1-10-8-11(2)20(18-10)13-6-7-19(9-13)15-17-16-14(21-15)12-4-3-5-12/h8,12-13H,3-7,9H2,1-2H3. The first-order valence-electron chi connectivity index (χ1n) is 7.82. The zero-order chi connectivity index (χ0) is 14.4. The molecule has 1 aliphatic heterocycles. The molecule has 4 rings (SSSR count). The van der Waals surface area contributed by atoms with Crippen molar-refractivity contribution >= 4 is 6.01 Å². The number of nitrogens with zero attached hydrogens (tertiary/aromatic N) is 5. The van der Waals surface area contributed by atoms with Gasteiger partial charge in [-0.05, 0) is 39.2 Å². The van der Waals surface area contributed by atoms with Gasteiger partial charge in [-0.25, -0.2) is 0 Å². The molecule has 112 valence electrons. The molecule has 0 amide bonds. The maximum atomic E-state index is 5.87. The van der Waals surface area contributed by atoms with E-state index in [1.54, 1.807) is 0 Å². The normalized spacial score (nSPS) is 22.8. The molecule has 0 radical (unpaired) electrons. The third-order valence-electron chi connectivity index (χ3n) is 4.71. The monoisotopic (exact) mass is 287 g/mol. The molecule has 0 spiro atoms. The molecular weight excluding hydrogens is 266 g/mol. The van der Waals surface area contributed by atoms with E-state index in [4.69, 9.17) is 4.42 Å². The molecule has 1 unspecified atom stereocenters. The van der Waals surface area contributed by atoms with E-state index >= 15 is 0 Å². The van der Waals surface area contributed by atoms with Crippen LogP contribution < -0.4 is 4.90 Å². The Balaban J connectivity index is 1.48. The predicted octanol–water partition coefficient (Wildman–Crippen LogP) is 2.60. The molecule has 1 saturated heterocycles. The maximum absolute atomic E-state index is 5.87. The molecule has 0 aromatic carbocycles. The van der Waals surface area contributed by atoms with E-state index in [9.17, 15) is 0 Å². The van der Waals surface area contributed by atoms with Crippen LogP contribution in [0.1, 0.15) is 54.9 Å². The summed E-state index contributed by atoms with van der Waals surface area (Å²) >= 11 is 0. The highest BCUT2D eigenvalue weighted by Crippen LogP contribution is 2.37. The second kappa shape index (κ2) is 4.86. The molecule has 2 aromatic rings. The SMILES string of the molecule is Cc1cc(C)n(C2CCN(c3nnc(C4CCC4)o3)C2)n1. The van der Waals surface area contributed by atoms with E-state index < -0.39 is 0 Å². The van der Waals surface area contributed by atoms with Crippen LogP contribution in [0.4, 0.5) is 6.01 Å². The van der Waals surface area contributed by atoms with Crippen molar-refractivity contribution in [3.8, 4) is 0 Å². The van der Waals surface area contributed by atoms with Crippen LogP contribution in [0.2, 0.25) is 0 Å². The van der Waals surface area contributed by atoms with Crippen LogP contribution in [-0.2, 0) is 0 Å². The molecule has 0 bridgehead atoms. The lowest BCUT2D eigenvalue weighted by Crippen LogP contribution is -2.22. The van der Waals surface area contributed by atoms with Gasteiger partial charge in [0.2, 0.25) is 5.89 Å². The summed E-state index contributed by atoms with van der Waals surface area (Å²) in [5.41, 5.74) is 2.30. The van der Waals surface area contributed by atoms with Gasteiger partial charge >= 0.3 is 6.01 Å². The Labute approximate surface area is 124 Å². The Morgan fingerprint density at radius 2 is 2.05 bits per heavy atom. The average molecular weight is 287 g/mol. The third kappa shape index (κ3) is 2.22. The van der Waals surface area contributed by atoms with Crippen LogP contribution in [0.25, 0.3) is 0 Å². The third-order valence-corrected chi connectivity index (χ3v) is 4.71. The topological polar surface area (TPSA) is 60.0 Å². The fraction of sp³-hybridized carbons (Fsp3) is 0.667. The Morgan fingerprint density at radius 1 is 1.19 bits per heavy atom. The minimum absolute atomic E-state index is 0.401. The van der Waals surface area contributed by atoms with Gasteiger partial charge in [0.15, 0.2) is 0 Å². The average Bonchev–Trinajstić information content (AvgIpc) is 3.06. The van der Waals surface area contributed by atoms with Crippen LogP contribution in [0, 0.1) is 13.8 Å². The Bertz CT molecular complexity index is 642. The first-order chi connectivity index (χ1) is 10.2. The van der Waals surface area contributed by atoms with Crippen molar-refractivity contribution in [2.45, 2.75) is 51.5 Å². The van der Waals surface area contributed by atoms with Gasteiger partial charge in [0.05, 0.1) is 11.7 Å². The van der Waals surface area contributed by atoms with Gasteiger partial charge in [-0.2, -0.15) is 5.10 Å². The summed E-state index contributed by atoms with van der Waals surface area (Å²) in [5, 5.41) is 13.1. The number of aromatic nitrogens is 4. The van der Waals surface area contributed by atoms with E-state index in [1.807, 2.05) is 6.92 Å². The highest BCUT2D eigenvalue weighted by Gasteiger charge is 2.31. The molecule has 3 heterocycles. The lowest BCUT2D eigenvalue weighted by atomic mass is 9.85. The van der Waals surface area contributed by atoms with Crippen LogP contribution >= 0.6 is 0 Å². The number of rotatable bonds is 3. The summed E-state index contributed by atoms with van der Waals surface area (Å²) in [6.07, 6.45) is 4.74. The number of anilines is 1. The molecule has 1 atom stereocenters. The van der Waals surface area contributed by atoms with Gasteiger partial charge in [-0.3, -0.25) is 4.68 Å². The van der Waals surface area contributed by atoms with Gasteiger partial charge in [0, 0.05) is 24.7 Å². The smallest absolute Gasteiger partial charge is 0.318 e. The van der Waals surface area contributed by atoms with E-state index in [0.717, 1.165) is 31.1 Å². The van der Waals surface area contributed by atoms with Crippen molar-refractivity contribution in [1.82, 2.24) is 20.0 Å². The van der Waals surface area contributed by atoms with Gasteiger partial charge in [-0.15, -0.1) is 5.10 Å². The molecular formula is C15H21N5O. The maximum Gasteiger partial charge on any atom is 0.318 e. The van der Waals surface area contributed by atoms with E-state index in [1.165, 1.54) is 25.0 Å². The summed E-state index contributed by atoms with van der Waals surface area (Å²) in [7, 11) is 0. The second-order valence-electron chi connectivity index (χ2n) is 6.31. The summed E-state index contributed by atoms with van der Waals surface area (Å²) in [4.78, 5) is 2.19. The number of hydrogen-bond acceptors (Lipinski definition) is 5. The summed E-state index contributed by atoms with van der Waals surface area (Å²) < 4.78 is 8.00. The largest absolute Gasteiger partial charge is 0.408 e. The molecule has 6 heteroatoms. The minimum atomic E-state index is 0.401. The van der Waals surface area contributed by atoms with Crippen LogP contribution in [-0.4, -0.2) is 33.1 Å². The molecule has 21 heavy (non-hydrogen) atoms. The fourth-order valence-corrected chi connectivity index (χ4v) is 3.31. The minimum Gasteiger partial charge on any atom is -0.408 e. The summed E-state index contributed by atoms with van der Waals surface area (Å²) in [6.45, 7) is 6.01. The van der Waals surface area contributed by atoms with Crippen molar-refractivity contribution in [3.05, 3.63) is 23.3 Å². The van der Waals surface area contributed by atoms with Crippen molar-refractivity contribution < 1.29 is 4.42 Å². The summed E-state index contributed by atoms with van der Waals surface area (Å²) in [6, 6.07) is 3.21. The summed E-state index contributed by atoms with van der Waals surface area (Å²) in [5.74, 6) is 1.33. The van der Waals surface area contributed by atoms with Crippen molar-refractivity contribution in [1.29, 1.82) is 0 Å². The predicted molar refractivity (Wildman–Crippen MR) is 78.5 cm³/mol. The number of hydrogen-bond donors (Lipinski definition) is 0. The Hall–Kier alpha value is -1.85. The zero-order valence-electron chi connectivity index (χ0n) is 12.6. The zero-order valence-corrected chi connectivity index (χ0v) is 12.6. The highest BCUT2D eigenvalue weighted by atomic mass is 16.4. The van der Waals surface area contributed by atoms with E-state index in [-0.39, 0.29) is 0 Å². The molecule has 2 aromatic heterocycles. The van der Waals surface area contributed by atoms with Gasteiger partial charge in [-0.1, -0.05) is 11.5 Å². The molecule has 2 fully saturated rings. The van der Waals surface area contributed by atoms with Gasteiger partial charge in [0.1, 0.15) is 0 Å². The molecule has 2 aliphatic rings. The molecule has 0 N–H and O–H groups in total. The van der Waals surface area contributed by atoms with Gasteiger partial charge < -0.3 is 9.32 Å². The van der Waals surface area contributed by atoms with Crippen LogP contribution in [0.15, 0.2) is 10.5 Å². The first-order valence-corrected chi connectivity index (χ1v) is 7.82. The highest BCUT2D eigenvalue weighted by molar-refractivity contribution is 5.28. The van der Waals surface area contributed by atoms with E-state index in [0.29, 0.717) is 18.0 Å². The fourth-order valence-electron chi connectivity index (χ4n) is 3.31. The lowest BCUT2D eigenvalue weighted by molar-refractivity contribution is 0.335. The molecule has 6 nitrogen and oxygen atoms in total. The van der Waals surface area contributed by atoms with E-state index in [2.05, 4.69) is 37.9 Å². The van der Waals surface area contributed by atoms with Crippen LogP contribution in [0.3, 0.4) is 0 Å². The Kier molecular flexibility index (Phi) is 2.97. The first kappa shape index (κ1) is 12.9.